The molecule has 0 spiro atoms. The van der Waals surface area contributed by atoms with Crippen molar-refractivity contribution in [3.8, 4) is 11.1 Å². The highest BCUT2D eigenvalue weighted by atomic mass is 19.4. The number of hydrogen-bond donors (Lipinski definition) is 0. The predicted octanol–water partition coefficient (Wildman–Crippen LogP) is 3.87. The van der Waals surface area contributed by atoms with Gasteiger partial charge in [-0.25, -0.2) is 0 Å². The minimum Gasteiger partial charge on any atom is -0.309 e. The normalized spacial score (nSPS) is 11.9. The number of pyridine rings is 1. The Balaban J connectivity index is 2.38. The quantitative estimate of drug-likeness (QED) is 0.851. The molecule has 1 aromatic carbocycles. The summed E-state index contributed by atoms with van der Waals surface area (Å²) in [5.41, 5.74) is 1.66. The average molecular weight is 294 g/mol. The van der Waals surface area contributed by atoms with Crippen LogP contribution in [-0.2, 0) is 12.6 Å². The van der Waals surface area contributed by atoms with Crippen LogP contribution >= 0.6 is 0 Å². The number of benzene rings is 1. The van der Waals surface area contributed by atoms with E-state index in [-0.39, 0.29) is 0 Å². The van der Waals surface area contributed by atoms with Gasteiger partial charge in [-0.05, 0) is 49.8 Å². The molecule has 0 saturated heterocycles. The third kappa shape index (κ3) is 4.04. The Kier molecular flexibility index (Phi) is 4.63. The topological polar surface area (TPSA) is 16.1 Å². The van der Waals surface area contributed by atoms with Crippen LogP contribution in [0.5, 0.6) is 0 Å². The Labute approximate surface area is 122 Å². The van der Waals surface area contributed by atoms with Crippen LogP contribution in [0.2, 0.25) is 0 Å². The maximum atomic E-state index is 12.8. The van der Waals surface area contributed by atoms with Gasteiger partial charge in [-0.3, -0.25) is 4.98 Å². The minimum atomic E-state index is -4.33. The second-order valence-corrected chi connectivity index (χ2v) is 5.16. The summed E-state index contributed by atoms with van der Waals surface area (Å²) in [5.74, 6) is 0. The van der Waals surface area contributed by atoms with Gasteiger partial charge in [0.25, 0.3) is 0 Å². The van der Waals surface area contributed by atoms with Crippen molar-refractivity contribution in [2.75, 3.05) is 20.6 Å². The molecule has 112 valence electrons. The van der Waals surface area contributed by atoms with Gasteiger partial charge in [0.1, 0.15) is 0 Å². The van der Waals surface area contributed by atoms with Gasteiger partial charge in [0, 0.05) is 24.5 Å². The van der Waals surface area contributed by atoms with Gasteiger partial charge >= 0.3 is 6.18 Å². The van der Waals surface area contributed by atoms with E-state index in [9.17, 15) is 13.2 Å². The molecule has 0 aliphatic carbocycles. The van der Waals surface area contributed by atoms with Crippen molar-refractivity contribution in [3.63, 3.8) is 0 Å². The molecule has 5 heteroatoms. The van der Waals surface area contributed by atoms with Crippen molar-refractivity contribution in [3.05, 3.63) is 53.9 Å². The van der Waals surface area contributed by atoms with E-state index in [0.29, 0.717) is 5.56 Å². The molecule has 2 nitrogen and oxygen atoms in total. The van der Waals surface area contributed by atoms with Gasteiger partial charge in [-0.2, -0.15) is 13.2 Å². The maximum Gasteiger partial charge on any atom is 0.416 e. The largest absolute Gasteiger partial charge is 0.416 e. The molecule has 1 heterocycles. The molecule has 2 rings (SSSR count). The summed E-state index contributed by atoms with van der Waals surface area (Å²) >= 11 is 0. The zero-order valence-electron chi connectivity index (χ0n) is 12.0. The van der Waals surface area contributed by atoms with Crippen molar-refractivity contribution < 1.29 is 13.2 Å². The van der Waals surface area contributed by atoms with Gasteiger partial charge in [0.2, 0.25) is 0 Å². The van der Waals surface area contributed by atoms with Gasteiger partial charge in [-0.15, -0.1) is 0 Å². The van der Waals surface area contributed by atoms with Crippen LogP contribution in [0, 0.1) is 0 Å². The summed E-state index contributed by atoms with van der Waals surface area (Å²) in [6, 6.07) is 7.24. The fourth-order valence-electron chi connectivity index (χ4n) is 2.11. The highest BCUT2D eigenvalue weighted by molar-refractivity contribution is 5.67. The summed E-state index contributed by atoms with van der Waals surface area (Å²) < 4.78 is 38.4. The Morgan fingerprint density at radius 2 is 1.90 bits per heavy atom. The number of aromatic nitrogens is 1. The van der Waals surface area contributed by atoms with Crippen molar-refractivity contribution in [1.82, 2.24) is 9.88 Å². The van der Waals surface area contributed by atoms with E-state index < -0.39 is 11.7 Å². The first-order valence-corrected chi connectivity index (χ1v) is 6.63. The lowest BCUT2D eigenvalue weighted by Crippen LogP contribution is -2.15. The molecular weight excluding hydrogens is 277 g/mol. The Morgan fingerprint density at radius 3 is 2.57 bits per heavy atom. The number of rotatable bonds is 4. The second kappa shape index (κ2) is 6.26. The molecule has 2 aromatic rings. The molecule has 0 amide bonds. The highest BCUT2D eigenvalue weighted by Gasteiger charge is 2.30. The summed E-state index contributed by atoms with van der Waals surface area (Å²) in [6.45, 7) is 0.829. The van der Waals surface area contributed by atoms with E-state index in [0.717, 1.165) is 30.2 Å². The van der Waals surface area contributed by atoms with Gasteiger partial charge in [0.15, 0.2) is 0 Å². The van der Waals surface area contributed by atoms with Gasteiger partial charge in [0.05, 0.1) is 5.56 Å². The van der Waals surface area contributed by atoms with E-state index in [1.807, 2.05) is 25.1 Å². The van der Waals surface area contributed by atoms with Crippen molar-refractivity contribution in [2.24, 2.45) is 0 Å². The Bertz CT molecular complexity index is 606. The standard InChI is InChI=1S/C16H17F3N2/c1-21(2)9-7-12-6-8-20-11-15(12)13-4-3-5-14(10-13)16(17,18)19/h3-6,8,10-11H,7,9H2,1-2H3. The molecule has 0 aliphatic rings. The van der Waals surface area contributed by atoms with Crippen molar-refractivity contribution in [1.29, 1.82) is 0 Å². The number of halogens is 3. The van der Waals surface area contributed by atoms with E-state index >= 15 is 0 Å². The van der Waals surface area contributed by atoms with E-state index in [1.165, 1.54) is 12.1 Å². The van der Waals surface area contributed by atoms with Crippen molar-refractivity contribution in [2.45, 2.75) is 12.6 Å². The summed E-state index contributed by atoms with van der Waals surface area (Å²) in [4.78, 5) is 6.08. The molecule has 0 aliphatic heterocycles. The fourth-order valence-corrected chi connectivity index (χ4v) is 2.11. The smallest absolute Gasteiger partial charge is 0.309 e. The SMILES string of the molecule is CN(C)CCc1ccncc1-c1cccc(C(F)(F)F)c1. The summed E-state index contributed by atoms with van der Waals surface area (Å²) in [7, 11) is 3.93. The highest BCUT2D eigenvalue weighted by Crippen LogP contribution is 2.32. The van der Waals surface area contributed by atoms with Crippen LogP contribution in [-0.4, -0.2) is 30.5 Å². The predicted molar refractivity (Wildman–Crippen MR) is 76.9 cm³/mol. The zero-order valence-corrected chi connectivity index (χ0v) is 12.0. The van der Waals surface area contributed by atoms with Crippen LogP contribution in [0.15, 0.2) is 42.7 Å². The van der Waals surface area contributed by atoms with Crippen molar-refractivity contribution >= 4 is 0 Å². The first-order chi connectivity index (χ1) is 9.88. The van der Waals surface area contributed by atoms with Gasteiger partial charge in [-0.1, -0.05) is 12.1 Å². The monoisotopic (exact) mass is 294 g/mol. The Morgan fingerprint density at radius 1 is 1.14 bits per heavy atom. The molecule has 0 bridgehead atoms. The first-order valence-electron chi connectivity index (χ1n) is 6.63. The minimum absolute atomic E-state index is 0.548. The van der Waals surface area contributed by atoms with E-state index in [4.69, 9.17) is 0 Å². The maximum absolute atomic E-state index is 12.8. The lowest BCUT2D eigenvalue weighted by atomic mass is 9.98. The van der Waals surface area contributed by atoms with Crippen LogP contribution in [0.1, 0.15) is 11.1 Å². The third-order valence-electron chi connectivity index (χ3n) is 3.24. The van der Waals surface area contributed by atoms with Crippen LogP contribution in [0.25, 0.3) is 11.1 Å². The Hall–Kier alpha value is -1.88. The van der Waals surface area contributed by atoms with E-state index in [2.05, 4.69) is 4.98 Å². The molecule has 0 saturated carbocycles. The molecule has 0 radical (unpaired) electrons. The van der Waals surface area contributed by atoms with E-state index in [1.54, 1.807) is 18.5 Å². The van der Waals surface area contributed by atoms with Crippen LogP contribution < -0.4 is 0 Å². The molecule has 0 fully saturated rings. The number of nitrogens with zero attached hydrogens (tertiary/aromatic N) is 2. The number of likely N-dealkylation sites (N-methyl/N-ethyl adjacent to an activating group) is 1. The molecule has 0 unspecified atom stereocenters. The first kappa shape index (κ1) is 15.5. The van der Waals surface area contributed by atoms with Crippen LogP contribution in [0.4, 0.5) is 13.2 Å². The van der Waals surface area contributed by atoms with Crippen LogP contribution in [0.3, 0.4) is 0 Å². The lowest BCUT2D eigenvalue weighted by Gasteiger charge is -2.14. The second-order valence-electron chi connectivity index (χ2n) is 5.16. The molecule has 0 N–H and O–H groups in total. The average Bonchev–Trinajstić information content (AvgIpc) is 2.44. The molecule has 1 aromatic heterocycles. The lowest BCUT2D eigenvalue weighted by molar-refractivity contribution is -0.137. The number of hydrogen-bond acceptors (Lipinski definition) is 2. The number of alkyl halides is 3. The summed E-state index contributed by atoms with van der Waals surface area (Å²) in [6.07, 6.45) is -0.272. The summed E-state index contributed by atoms with van der Waals surface area (Å²) in [5, 5.41) is 0. The third-order valence-corrected chi connectivity index (χ3v) is 3.24. The van der Waals surface area contributed by atoms with Gasteiger partial charge < -0.3 is 4.90 Å². The molecule has 21 heavy (non-hydrogen) atoms. The zero-order chi connectivity index (χ0) is 15.5. The molecule has 0 atom stereocenters. The molecular formula is C16H17F3N2. The fraction of sp³-hybridized carbons (Fsp3) is 0.312.